The molecule has 0 radical (unpaired) electrons. The number of hydrogen-bond donors (Lipinski definition) is 2. The molecule has 4 rings (SSSR count). The minimum absolute atomic E-state index is 0.0587. The third-order valence-electron chi connectivity index (χ3n) is 8.93. The quantitative estimate of drug-likeness (QED) is 0.501. The van der Waals surface area contributed by atoms with Crippen molar-refractivity contribution < 1.29 is 33.7 Å². The van der Waals surface area contributed by atoms with E-state index in [-0.39, 0.29) is 18.6 Å². The topological polar surface area (TPSA) is 101 Å². The van der Waals surface area contributed by atoms with Gasteiger partial charge in [-0.3, -0.25) is 14.4 Å². The monoisotopic (exact) mass is 454 g/mol. The van der Waals surface area contributed by atoms with Crippen LogP contribution in [-0.2, 0) is 19.1 Å². The van der Waals surface area contributed by atoms with E-state index in [4.69, 9.17) is 16.3 Å². The largest absolute Gasteiger partial charge is 0.469 e. The molecule has 0 aromatic rings. The highest BCUT2D eigenvalue weighted by Crippen LogP contribution is 2.70. The standard InChI is InChI=1S/C23H28ClFO6/c1-20-7-6-13(26)8-12(20)4-5-14-15-9-16(19(29)31-3)23(30,18(28)11-24)21(15,2)10-17(27)22(14,20)25/h6-8,14-17,27,30H,4-5,9-11H2,1-3H3/t14-,15-,16-,17-,20-,21-,22-,23-/m0/s1. The molecule has 0 aliphatic heterocycles. The molecule has 3 fully saturated rings. The second kappa shape index (κ2) is 6.96. The molecule has 0 bridgehead atoms. The Morgan fingerprint density at radius 1 is 1.32 bits per heavy atom. The highest BCUT2D eigenvalue weighted by atomic mass is 35.5. The number of aliphatic hydroxyl groups is 2. The van der Waals surface area contributed by atoms with E-state index >= 15 is 4.39 Å². The first kappa shape index (κ1) is 22.6. The number of carbonyl (C=O) groups is 3. The van der Waals surface area contributed by atoms with Crippen molar-refractivity contribution in [3.8, 4) is 0 Å². The third-order valence-corrected chi connectivity index (χ3v) is 9.17. The lowest BCUT2D eigenvalue weighted by atomic mass is 9.44. The SMILES string of the molecule is COC(=O)[C@@H]1C[C@H]2[C@@H]3CCC4=CC(=O)C=C[C@]4(C)[C@@]3(F)[C@@H](O)C[C@]2(C)[C@@]1(O)C(=O)CCl. The van der Waals surface area contributed by atoms with Crippen LogP contribution in [0.3, 0.4) is 0 Å². The van der Waals surface area contributed by atoms with Crippen molar-refractivity contribution in [2.45, 2.75) is 56.9 Å². The van der Waals surface area contributed by atoms with Gasteiger partial charge in [-0.2, -0.15) is 0 Å². The van der Waals surface area contributed by atoms with Crippen LogP contribution in [0.4, 0.5) is 4.39 Å². The van der Waals surface area contributed by atoms with E-state index in [2.05, 4.69) is 0 Å². The van der Waals surface area contributed by atoms with Crippen LogP contribution >= 0.6 is 11.6 Å². The lowest BCUT2D eigenvalue weighted by molar-refractivity contribution is -0.219. The molecular weight excluding hydrogens is 427 g/mol. The van der Waals surface area contributed by atoms with Gasteiger partial charge in [-0.1, -0.05) is 18.6 Å². The van der Waals surface area contributed by atoms with E-state index in [1.807, 2.05) is 0 Å². The van der Waals surface area contributed by atoms with E-state index in [1.54, 1.807) is 13.8 Å². The molecule has 0 aromatic carbocycles. The molecule has 8 atom stereocenters. The van der Waals surface area contributed by atoms with E-state index in [9.17, 15) is 24.6 Å². The Labute approximate surface area is 185 Å². The third kappa shape index (κ3) is 2.54. The average molecular weight is 455 g/mol. The second-order valence-corrected chi connectivity index (χ2v) is 10.2. The van der Waals surface area contributed by atoms with Crippen molar-refractivity contribution in [1.82, 2.24) is 0 Å². The number of allylic oxidation sites excluding steroid dienone is 4. The fourth-order valence-electron chi connectivity index (χ4n) is 7.28. The van der Waals surface area contributed by atoms with Gasteiger partial charge in [-0.05, 0) is 50.7 Å². The molecule has 4 aliphatic rings. The van der Waals surface area contributed by atoms with Gasteiger partial charge in [0.25, 0.3) is 0 Å². The molecule has 6 nitrogen and oxygen atoms in total. The molecule has 4 aliphatic carbocycles. The van der Waals surface area contributed by atoms with Gasteiger partial charge < -0.3 is 14.9 Å². The zero-order valence-corrected chi connectivity index (χ0v) is 18.6. The van der Waals surface area contributed by atoms with Gasteiger partial charge in [0.15, 0.2) is 17.2 Å². The van der Waals surface area contributed by atoms with Gasteiger partial charge in [0, 0.05) is 16.7 Å². The van der Waals surface area contributed by atoms with Crippen molar-refractivity contribution >= 4 is 29.1 Å². The normalized spacial score (nSPS) is 48.4. The Morgan fingerprint density at radius 2 is 2.00 bits per heavy atom. The number of rotatable bonds is 3. The van der Waals surface area contributed by atoms with Gasteiger partial charge >= 0.3 is 5.97 Å². The summed E-state index contributed by atoms with van der Waals surface area (Å²) in [7, 11) is 1.18. The summed E-state index contributed by atoms with van der Waals surface area (Å²) < 4.78 is 21.9. The van der Waals surface area contributed by atoms with Gasteiger partial charge in [0.1, 0.15) is 5.60 Å². The Morgan fingerprint density at radius 3 is 2.61 bits per heavy atom. The summed E-state index contributed by atoms with van der Waals surface area (Å²) in [5, 5.41) is 22.9. The molecule has 3 saturated carbocycles. The van der Waals surface area contributed by atoms with Gasteiger partial charge in [-0.25, -0.2) is 4.39 Å². The average Bonchev–Trinajstić information content (AvgIpc) is 2.97. The fraction of sp³-hybridized carbons (Fsp3) is 0.696. The number of esters is 1. The summed E-state index contributed by atoms with van der Waals surface area (Å²) in [6.45, 7) is 3.32. The predicted octanol–water partition coefficient (Wildman–Crippen LogP) is 2.30. The summed E-state index contributed by atoms with van der Waals surface area (Å²) >= 11 is 5.81. The summed E-state index contributed by atoms with van der Waals surface area (Å²) in [4.78, 5) is 37.4. The molecule has 0 aromatic heterocycles. The first-order valence-electron chi connectivity index (χ1n) is 10.6. The number of ether oxygens (including phenoxy) is 1. The first-order chi connectivity index (χ1) is 14.4. The molecule has 31 heavy (non-hydrogen) atoms. The number of aliphatic hydroxyl groups excluding tert-OH is 1. The molecule has 170 valence electrons. The minimum atomic E-state index is -2.16. The Balaban J connectivity index is 1.86. The van der Waals surface area contributed by atoms with Gasteiger partial charge in [0.05, 0.1) is 25.0 Å². The number of ketones is 2. The molecule has 0 saturated heterocycles. The lowest BCUT2D eigenvalue weighted by Crippen LogP contribution is -2.69. The van der Waals surface area contributed by atoms with E-state index in [0.717, 1.165) is 0 Å². The van der Waals surface area contributed by atoms with Gasteiger partial charge in [0.2, 0.25) is 0 Å². The Kier molecular flexibility index (Phi) is 5.08. The number of fused-ring (bicyclic) bond motifs is 5. The van der Waals surface area contributed by atoms with Crippen LogP contribution in [-0.4, -0.2) is 58.1 Å². The molecule has 8 heteroatoms. The molecule has 0 spiro atoms. The highest BCUT2D eigenvalue weighted by molar-refractivity contribution is 6.29. The van der Waals surface area contributed by atoms with Crippen LogP contribution in [0.1, 0.15) is 39.5 Å². The lowest BCUT2D eigenvalue weighted by Gasteiger charge is -2.62. The molecule has 2 N–H and O–H groups in total. The molecule has 0 unspecified atom stereocenters. The number of alkyl halides is 2. The summed E-state index contributed by atoms with van der Waals surface area (Å²) in [6.07, 6.45) is 3.40. The smallest absolute Gasteiger partial charge is 0.312 e. The van der Waals surface area contributed by atoms with Crippen molar-refractivity contribution in [2.75, 3.05) is 13.0 Å². The van der Waals surface area contributed by atoms with Crippen molar-refractivity contribution in [2.24, 2.45) is 28.6 Å². The summed E-state index contributed by atoms with van der Waals surface area (Å²) in [5.41, 5.74) is -6.10. The van der Waals surface area contributed by atoms with Crippen molar-refractivity contribution in [3.63, 3.8) is 0 Å². The molecule has 0 amide bonds. The number of halogens is 2. The number of carbonyl (C=O) groups excluding carboxylic acids is 3. The van der Waals surface area contributed by atoms with Crippen LogP contribution in [0.25, 0.3) is 0 Å². The number of hydrogen-bond acceptors (Lipinski definition) is 6. The minimum Gasteiger partial charge on any atom is -0.469 e. The van der Waals surface area contributed by atoms with E-state index < -0.39 is 63.6 Å². The summed E-state index contributed by atoms with van der Waals surface area (Å²) in [6, 6.07) is 0. The first-order valence-corrected chi connectivity index (χ1v) is 11.2. The maximum atomic E-state index is 17.0. The number of methoxy groups -OCH3 is 1. The highest BCUT2D eigenvalue weighted by Gasteiger charge is 2.77. The van der Waals surface area contributed by atoms with Crippen LogP contribution in [0.5, 0.6) is 0 Å². The van der Waals surface area contributed by atoms with Gasteiger partial charge in [-0.15, -0.1) is 11.6 Å². The Bertz CT molecular complexity index is 916. The fourth-order valence-corrected chi connectivity index (χ4v) is 7.48. The summed E-state index contributed by atoms with van der Waals surface area (Å²) in [5.74, 6) is -4.68. The van der Waals surface area contributed by atoms with Crippen molar-refractivity contribution in [3.05, 3.63) is 23.8 Å². The van der Waals surface area contributed by atoms with Crippen LogP contribution in [0, 0.1) is 28.6 Å². The van der Waals surface area contributed by atoms with Crippen LogP contribution in [0.15, 0.2) is 23.8 Å². The predicted molar refractivity (Wildman–Crippen MR) is 110 cm³/mol. The zero-order valence-electron chi connectivity index (χ0n) is 17.9. The van der Waals surface area contributed by atoms with E-state index in [1.165, 1.54) is 25.3 Å². The van der Waals surface area contributed by atoms with E-state index in [0.29, 0.717) is 18.4 Å². The number of Topliss-reactive ketones (excluding diaryl/α,β-unsaturated/α-hetero) is 1. The molecule has 0 heterocycles. The molecular formula is C23H28ClFO6. The maximum absolute atomic E-state index is 17.0. The zero-order chi connectivity index (χ0) is 23.0. The van der Waals surface area contributed by atoms with Crippen LogP contribution in [0.2, 0.25) is 0 Å². The van der Waals surface area contributed by atoms with Crippen molar-refractivity contribution in [1.29, 1.82) is 0 Å². The maximum Gasteiger partial charge on any atom is 0.312 e. The second-order valence-electron chi connectivity index (χ2n) is 9.90. The Hall–Kier alpha value is -1.57. The van der Waals surface area contributed by atoms with Crippen LogP contribution < -0.4 is 0 Å².